The first-order valence-electron chi connectivity index (χ1n) is 5.55. The molecule has 0 amide bonds. The third-order valence-corrected chi connectivity index (χ3v) is 3.15. The molecule has 5 heteroatoms. The van der Waals surface area contributed by atoms with Gasteiger partial charge in [0.2, 0.25) is 0 Å². The highest BCUT2D eigenvalue weighted by Crippen LogP contribution is 2.32. The summed E-state index contributed by atoms with van der Waals surface area (Å²) < 4.78 is 5.73. The van der Waals surface area contributed by atoms with Crippen LogP contribution in [0.3, 0.4) is 0 Å². The Kier molecular flexibility index (Phi) is 3.23. The Morgan fingerprint density at radius 1 is 1.00 bits per heavy atom. The highest BCUT2D eigenvalue weighted by atomic mass is 35.5. The first kappa shape index (κ1) is 12.2. The number of ether oxygens (including phenoxy) is 1. The van der Waals surface area contributed by atoms with E-state index in [1.54, 1.807) is 36.5 Å². The summed E-state index contributed by atoms with van der Waals surface area (Å²) in [6.45, 7) is 0. The highest BCUT2D eigenvalue weighted by Gasteiger charge is 2.06. The van der Waals surface area contributed by atoms with Crippen LogP contribution in [0, 0.1) is 0 Å². The van der Waals surface area contributed by atoms with Gasteiger partial charge in [-0.15, -0.1) is 0 Å². The number of halogens is 2. The third kappa shape index (κ3) is 2.62. The lowest BCUT2D eigenvalue weighted by atomic mass is 10.2. The summed E-state index contributed by atoms with van der Waals surface area (Å²) in [5.74, 6) is 1.23. The van der Waals surface area contributed by atoms with Crippen molar-refractivity contribution in [1.82, 2.24) is 9.97 Å². The number of fused-ring (bicyclic) bond motifs is 1. The molecular weight excluding hydrogens is 283 g/mol. The fourth-order valence-electron chi connectivity index (χ4n) is 1.69. The van der Waals surface area contributed by atoms with Gasteiger partial charge in [-0.05, 0) is 36.4 Å². The summed E-state index contributed by atoms with van der Waals surface area (Å²) in [6, 6.07) is 10.6. The molecule has 0 bridgehead atoms. The molecule has 3 nitrogen and oxygen atoms in total. The molecule has 0 aliphatic carbocycles. The normalized spacial score (nSPS) is 10.6. The molecule has 19 heavy (non-hydrogen) atoms. The van der Waals surface area contributed by atoms with E-state index in [1.807, 2.05) is 6.07 Å². The van der Waals surface area contributed by atoms with E-state index in [9.17, 15) is 0 Å². The Labute approximate surface area is 119 Å². The minimum absolute atomic E-state index is 0.501. The number of hydrogen-bond donors (Lipinski definition) is 0. The zero-order valence-corrected chi connectivity index (χ0v) is 11.2. The van der Waals surface area contributed by atoms with Crippen molar-refractivity contribution in [1.29, 1.82) is 0 Å². The van der Waals surface area contributed by atoms with Crippen molar-refractivity contribution in [3.05, 3.63) is 59.0 Å². The van der Waals surface area contributed by atoms with Gasteiger partial charge in [-0.2, -0.15) is 0 Å². The lowest BCUT2D eigenvalue weighted by molar-refractivity contribution is 0.483. The topological polar surface area (TPSA) is 35.0 Å². The van der Waals surface area contributed by atoms with Crippen LogP contribution in [-0.4, -0.2) is 9.97 Å². The molecule has 0 spiro atoms. The van der Waals surface area contributed by atoms with E-state index in [2.05, 4.69) is 9.97 Å². The summed E-state index contributed by atoms with van der Waals surface area (Å²) in [5, 5.41) is 2.03. The van der Waals surface area contributed by atoms with Gasteiger partial charge < -0.3 is 4.74 Å². The molecule has 0 N–H and O–H groups in total. The Bertz CT molecular complexity index is 729. The minimum atomic E-state index is 0.501. The quantitative estimate of drug-likeness (QED) is 0.684. The van der Waals surface area contributed by atoms with Gasteiger partial charge >= 0.3 is 0 Å². The van der Waals surface area contributed by atoms with Crippen LogP contribution in [0.5, 0.6) is 11.5 Å². The average Bonchev–Trinajstić information content (AvgIpc) is 2.42. The van der Waals surface area contributed by atoms with Gasteiger partial charge in [-0.25, -0.2) is 9.97 Å². The molecule has 0 aliphatic rings. The van der Waals surface area contributed by atoms with Gasteiger partial charge in [-0.3, -0.25) is 0 Å². The standard InChI is InChI=1S/C14H8Cl2N2O/c15-10-1-3-11(4-2-10)19-14-5-9-7-17-8-18-13(9)6-12(14)16/h1-8H. The number of benzene rings is 2. The van der Waals surface area contributed by atoms with Gasteiger partial charge in [-0.1, -0.05) is 23.2 Å². The van der Waals surface area contributed by atoms with Crippen LogP contribution in [0.2, 0.25) is 10.0 Å². The summed E-state index contributed by atoms with van der Waals surface area (Å²) >= 11 is 12.0. The predicted octanol–water partition coefficient (Wildman–Crippen LogP) is 4.73. The second-order valence-corrected chi connectivity index (χ2v) is 4.76. The van der Waals surface area contributed by atoms with Crippen molar-refractivity contribution in [2.75, 3.05) is 0 Å². The third-order valence-electron chi connectivity index (χ3n) is 2.60. The lowest BCUT2D eigenvalue weighted by Gasteiger charge is -2.08. The molecule has 0 aliphatic heterocycles. The van der Waals surface area contributed by atoms with Gasteiger partial charge in [0.1, 0.15) is 17.8 Å². The number of hydrogen-bond acceptors (Lipinski definition) is 3. The van der Waals surface area contributed by atoms with Crippen molar-refractivity contribution in [3.8, 4) is 11.5 Å². The number of aromatic nitrogens is 2. The maximum atomic E-state index is 6.17. The van der Waals surface area contributed by atoms with Crippen LogP contribution in [-0.2, 0) is 0 Å². The fourth-order valence-corrected chi connectivity index (χ4v) is 2.01. The molecule has 0 fully saturated rings. The molecule has 0 saturated heterocycles. The van der Waals surface area contributed by atoms with E-state index in [0.29, 0.717) is 21.5 Å². The van der Waals surface area contributed by atoms with Crippen LogP contribution in [0.15, 0.2) is 48.9 Å². The van der Waals surface area contributed by atoms with Gasteiger partial charge in [0.15, 0.2) is 0 Å². The van der Waals surface area contributed by atoms with Crippen LogP contribution in [0.4, 0.5) is 0 Å². The zero-order chi connectivity index (χ0) is 13.2. The van der Waals surface area contributed by atoms with Gasteiger partial charge in [0.05, 0.1) is 10.5 Å². The lowest BCUT2D eigenvalue weighted by Crippen LogP contribution is -1.87. The van der Waals surface area contributed by atoms with E-state index in [0.717, 1.165) is 10.9 Å². The molecule has 3 aromatic rings. The number of rotatable bonds is 2. The number of nitrogens with zero attached hydrogens (tertiary/aromatic N) is 2. The maximum Gasteiger partial charge on any atom is 0.146 e. The molecule has 3 rings (SSSR count). The molecule has 0 radical (unpaired) electrons. The molecule has 2 aromatic carbocycles. The first-order chi connectivity index (χ1) is 9.22. The Morgan fingerprint density at radius 2 is 1.79 bits per heavy atom. The second-order valence-electron chi connectivity index (χ2n) is 3.92. The van der Waals surface area contributed by atoms with Crippen LogP contribution in [0.25, 0.3) is 10.9 Å². The molecule has 0 unspecified atom stereocenters. The van der Waals surface area contributed by atoms with E-state index in [4.69, 9.17) is 27.9 Å². The van der Waals surface area contributed by atoms with Gasteiger partial charge in [0, 0.05) is 16.6 Å². The Morgan fingerprint density at radius 3 is 2.58 bits per heavy atom. The van der Waals surface area contributed by atoms with E-state index in [-0.39, 0.29) is 0 Å². The molecule has 1 heterocycles. The smallest absolute Gasteiger partial charge is 0.146 e. The molecule has 0 atom stereocenters. The zero-order valence-electron chi connectivity index (χ0n) is 9.68. The Hall–Kier alpha value is -1.84. The van der Waals surface area contributed by atoms with Crippen molar-refractivity contribution < 1.29 is 4.74 Å². The molecule has 1 aromatic heterocycles. The monoisotopic (exact) mass is 290 g/mol. The Balaban J connectivity index is 2.00. The largest absolute Gasteiger partial charge is 0.456 e. The SMILES string of the molecule is Clc1ccc(Oc2cc3cncnc3cc2Cl)cc1. The minimum Gasteiger partial charge on any atom is -0.456 e. The van der Waals surface area contributed by atoms with Crippen molar-refractivity contribution in [2.45, 2.75) is 0 Å². The van der Waals surface area contributed by atoms with Crippen LogP contribution < -0.4 is 4.74 Å². The molecule has 0 saturated carbocycles. The molecular formula is C14H8Cl2N2O. The fraction of sp³-hybridized carbons (Fsp3) is 0. The van der Waals surface area contributed by atoms with E-state index >= 15 is 0 Å². The maximum absolute atomic E-state index is 6.17. The summed E-state index contributed by atoms with van der Waals surface area (Å²) in [7, 11) is 0. The van der Waals surface area contributed by atoms with Crippen LogP contribution in [0.1, 0.15) is 0 Å². The second kappa shape index (κ2) is 5.03. The predicted molar refractivity (Wildman–Crippen MR) is 76.1 cm³/mol. The summed E-state index contributed by atoms with van der Waals surface area (Å²) in [6.07, 6.45) is 3.20. The van der Waals surface area contributed by atoms with Gasteiger partial charge in [0.25, 0.3) is 0 Å². The average molecular weight is 291 g/mol. The first-order valence-corrected chi connectivity index (χ1v) is 6.31. The van der Waals surface area contributed by atoms with E-state index < -0.39 is 0 Å². The van der Waals surface area contributed by atoms with E-state index in [1.165, 1.54) is 6.33 Å². The van der Waals surface area contributed by atoms with Crippen molar-refractivity contribution in [3.63, 3.8) is 0 Å². The van der Waals surface area contributed by atoms with Crippen molar-refractivity contribution in [2.24, 2.45) is 0 Å². The highest BCUT2D eigenvalue weighted by molar-refractivity contribution is 6.32. The molecule has 94 valence electrons. The van der Waals surface area contributed by atoms with Crippen molar-refractivity contribution >= 4 is 34.1 Å². The summed E-state index contributed by atoms with van der Waals surface area (Å²) in [5.41, 5.74) is 0.781. The van der Waals surface area contributed by atoms with Crippen LogP contribution >= 0.6 is 23.2 Å². The summed E-state index contributed by atoms with van der Waals surface area (Å²) in [4.78, 5) is 8.11.